The fourth-order valence-electron chi connectivity index (χ4n) is 3.92. The second-order valence-electron chi connectivity index (χ2n) is 6.82. The van der Waals surface area contributed by atoms with E-state index in [0.717, 1.165) is 11.3 Å². The second kappa shape index (κ2) is 6.50. The lowest BCUT2D eigenvalue weighted by Gasteiger charge is -2.53. The van der Waals surface area contributed by atoms with Crippen LogP contribution in [0.1, 0.15) is 38.7 Å². The molecule has 2 aliphatic rings. The first-order chi connectivity index (χ1) is 11.4. The monoisotopic (exact) mass is 350 g/mol. The molecule has 2 aliphatic heterocycles. The molecule has 2 heterocycles. The summed E-state index contributed by atoms with van der Waals surface area (Å²) in [5.74, 6) is 0.143. The number of aliphatic hydroxyl groups is 1. The van der Waals surface area contributed by atoms with Crippen molar-refractivity contribution < 1.29 is 13.5 Å². The number of hydrogen-bond acceptors (Lipinski definition) is 4. The summed E-state index contributed by atoms with van der Waals surface area (Å²) in [4.78, 5) is 2.12. The summed E-state index contributed by atoms with van der Waals surface area (Å²) >= 11 is 0. The van der Waals surface area contributed by atoms with E-state index in [2.05, 4.69) is 17.1 Å². The third kappa shape index (κ3) is 2.98. The Morgan fingerprint density at radius 2 is 2.08 bits per heavy atom. The molecule has 6 heteroatoms. The number of rotatable bonds is 4. The minimum absolute atomic E-state index is 0.143. The molecule has 0 radical (unpaired) electrons. The van der Waals surface area contributed by atoms with E-state index in [-0.39, 0.29) is 5.75 Å². The highest BCUT2D eigenvalue weighted by atomic mass is 32.2. The van der Waals surface area contributed by atoms with Crippen LogP contribution in [0.4, 0.5) is 5.69 Å². The van der Waals surface area contributed by atoms with Gasteiger partial charge in [0.05, 0.1) is 11.9 Å². The summed E-state index contributed by atoms with van der Waals surface area (Å²) < 4.78 is 27.3. The standard InChI is InChI=1S/C18H26N2O3S/c1-3-13-24(22,23)20-12-10-16(21)14-18(20,2)19-11-6-8-15-7-4-5-9-17(15)19/h4-9,16,21H,3,10-14H2,1-2H3. The van der Waals surface area contributed by atoms with Crippen molar-refractivity contribution in [2.24, 2.45) is 0 Å². The molecule has 1 aromatic carbocycles. The van der Waals surface area contributed by atoms with Crippen LogP contribution in [0.15, 0.2) is 30.3 Å². The molecule has 0 amide bonds. The largest absolute Gasteiger partial charge is 0.393 e. The third-order valence-corrected chi connectivity index (χ3v) is 7.19. The average molecular weight is 350 g/mol. The SMILES string of the molecule is CCCS(=O)(=O)N1CCC(O)CC1(C)N1CC=Cc2ccccc21. The Balaban J connectivity index is 2.05. The molecule has 1 fully saturated rings. The molecule has 24 heavy (non-hydrogen) atoms. The Kier molecular flexibility index (Phi) is 4.73. The molecule has 0 aromatic heterocycles. The molecule has 2 atom stereocenters. The lowest BCUT2D eigenvalue weighted by Crippen LogP contribution is -2.65. The van der Waals surface area contributed by atoms with Crippen molar-refractivity contribution in [3.05, 3.63) is 35.9 Å². The summed E-state index contributed by atoms with van der Waals surface area (Å²) in [5, 5.41) is 10.3. The maximum Gasteiger partial charge on any atom is 0.216 e. The molecule has 3 rings (SSSR count). The smallest absolute Gasteiger partial charge is 0.216 e. The van der Waals surface area contributed by atoms with Gasteiger partial charge < -0.3 is 10.0 Å². The lowest BCUT2D eigenvalue weighted by molar-refractivity contribution is 0.0341. The lowest BCUT2D eigenvalue weighted by atomic mass is 9.92. The van der Waals surface area contributed by atoms with Gasteiger partial charge in [-0.3, -0.25) is 0 Å². The fourth-order valence-corrected chi connectivity index (χ4v) is 5.82. The molecule has 0 bridgehead atoms. The van der Waals surface area contributed by atoms with Crippen LogP contribution in [0, 0.1) is 0 Å². The van der Waals surface area contributed by atoms with Gasteiger partial charge in [0.1, 0.15) is 5.66 Å². The number of anilines is 1. The molecule has 0 aliphatic carbocycles. The minimum atomic E-state index is -3.36. The number of hydrogen-bond donors (Lipinski definition) is 1. The first kappa shape index (κ1) is 17.5. The maximum atomic E-state index is 12.9. The molecule has 2 unspecified atom stereocenters. The van der Waals surface area contributed by atoms with Crippen molar-refractivity contribution in [1.29, 1.82) is 0 Å². The van der Waals surface area contributed by atoms with E-state index in [1.807, 2.05) is 38.1 Å². The summed E-state index contributed by atoms with van der Waals surface area (Å²) in [5.41, 5.74) is 1.35. The van der Waals surface area contributed by atoms with Crippen molar-refractivity contribution in [2.75, 3.05) is 23.7 Å². The molecule has 0 saturated carbocycles. The zero-order valence-corrected chi connectivity index (χ0v) is 15.2. The van der Waals surface area contributed by atoms with Crippen LogP contribution in [0.2, 0.25) is 0 Å². The average Bonchev–Trinajstić information content (AvgIpc) is 2.53. The van der Waals surface area contributed by atoms with E-state index in [9.17, 15) is 13.5 Å². The van der Waals surface area contributed by atoms with Crippen LogP contribution in [0.5, 0.6) is 0 Å². The highest BCUT2D eigenvalue weighted by Gasteiger charge is 2.48. The Hall–Kier alpha value is -1.37. The zero-order valence-electron chi connectivity index (χ0n) is 14.4. The van der Waals surface area contributed by atoms with E-state index >= 15 is 0 Å². The van der Waals surface area contributed by atoms with E-state index in [1.165, 1.54) is 0 Å². The summed E-state index contributed by atoms with van der Waals surface area (Å²) in [6.07, 6.45) is 5.13. The molecular weight excluding hydrogens is 324 g/mol. The summed E-state index contributed by atoms with van der Waals surface area (Å²) in [6.45, 7) is 4.83. The quantitative estimate of drug-likeness (QED) is 0.906. The van der Waals surface area contributed by atoms with E-state index in [1.54, 1.807) is 4.31 Å². The number of fused-ring (bicyclic) bond motifs is 1. The predicted octanol–water partition coefficient (Wildman–Crippen LogP) is 2.43. The van der Waals surface area contributed by atoms with E-state index in [4.69, 9.17) is 0 Å². The molecule has 1 aromatic rings. The molecular formula is C18H26N2O3S. The molecule has 0 spiro atoms. The van der Waals surface area contributed by atoms with Gasteiger partial charge in [0, 0.05) is 25.2 Å². The van der Waals surface area contributed by atoms with E-state index < -0.39 is 21.8 Å². The Labute approximate surface area is 144 Å². The second-order valence-corrected chi connectivity index (χ2v) is 8.84. The number of nitrogens with zero attached hydrogens (tertiary/aromatic N) is 2. The Morgan fingerprint density at radius 3 is 2.83 bits per heavy atom. The van der Waals surface area contributed by atoms with Gasteiger partial charge in [-0.25, -0.2) is 8.42 Å². The number of para-hydroxylation sites is 1. The van der Waals surface area contributed by atoms with Crippen molar-refractivity contribution in [2.45, 2.75) is 44.9 Å². The first-order valence-corrected chi connectivity index (χ1v) is 10.2. The fraction of sp³-hybridized carbons (Fsp3) is 0.556. The predicted molar refractivity (Wildman–Crippen MR) is 97.3 cm³/mol. The molecule has 1 N–H and O–H groups in total. The topological polar surface area (TPSA) is 60.9 Å². The maximum absolute atomic E-state index is 12.9. The number of sulfonamides is 1. The van der Waals surface area contributed by atoms with Crippen LogP contribution in [0.3, 0.4) is 0 Å². The van der Waals surface area contributed by atoms with Crippen molar-refractivity contribution in [3.8, 4) is 0 Å². The van der Waals surface area contributed by atoms with Gasteiger partial charge in [-0.15, -0.1) is 0 Å². The van der Waals surface area contributed by atoms with Gasteiger partial charge in [0.2, 0.25) is 10.0 Å². The van der Waals surface area contributed by atoms with Gasteiger partial charge in [0.25, 0.3) is 0 Å². The number of aliphatic hydroxyl groups excluding tert-OH is 1. The first-order valence-electron chi connectivity index (χ1n) is 8.60. The van der Waals surface area contributed by atoms with Gasteiger partial charge in [0.15, 0.2) is 0 Å². The van der Waals surface area contributed by atoms with Gasteiger partial charge in [-0.1, -0.05) is 37.3 Å². The number of benzene rings is 1. The highest BCUT2D eigenvalue weighted by Crippen LogP contribution is 2.40. The summed E-state index contributed by atoms with van der Waals surface area (Å²) in [7, 11) is -3.36. The molecule has 132 valence electrons. The van der Waals surface area contributed by atoms with Gasteiger partial charge in [-0.05, 0) is 31.4 Å². The molecule has 5 nitrogen and oxygen atoms in total. The zero-order chi connectivity index (χ0) is 17.4. The van der Waals surface area contributed by atoms with Crippen LogP contribution < -0.4 is 4.90 Å². The van der Waals surface area contributed by atoms with Crippen LogP contribution in [-0.4, -0.2) is 48.4 Å². The van der Waals surface area contributed by atoms with Gasteiger partial charge >= 0.3 is 0 Å². The Morgan fingerprint density at radius 1 is 1.33 bits per heavy atom. The van der Waals surface area contributed by atoms with E-state index in [0.29, 0.717) is 32.4 Å². The van der Waals surface area contributed by atoms with Crippen molar-refractivity contribution in [1.82, 2.24) is 4.31 Å². The van der Waals surface area contributed by atoms with Crippen LogP contribution in [0.25, 0.3) is 6.08 Å². The normalized spacial score (nSPS) is 28.0. The van der Waals surface area contributed by atoms with Gasteiger partial charge in [-0.2, -0.15) is 4.31 Å². The highest BCUT2D eigenvalue weighted by molar-refractivity contribution is 7.89. The van der Waals surface area contributed by atoms with Crippen molar-refractivity contribution in [3.63, 3.8) is 0 Å². The van der Waals surface area contributed by atoms with Crippen LogP contribution >= 0.6 is 0 Å². The minimum Gasteiger partial charge on any atom is -0.393 e. The Bertz CT molecular complexity index is 732. The third-order valence-electron chi connectivity index (χ3n) is 5.02. The summed E-state index contributed by atoms with van der Waals surface area (Å²) in [6, 6.07) is 8.01. The number of piperidine rings is 1. The molecule has 1 saturated heterocycles. The van der Waals surface area contributed by atoms with Crippen molar-refractivity contribution >= 4 is 21.8 Å². The van der Waals surface area contributed by atoms with Crippen LogP contribution in [-0.2, 0) is 10.0 Å².